The normalized spacial score (nSPS) is 10.2. The van der Waals surface area contributed by atoms with Gasteiger partial charge in [0.05, 0.1) is 0 Å². The van der Waals surface area contributed by atoms with Gasteiger partial charge in [-0.05, 0) is 18.1 Å². The van der Waals surface area contributed by atoms with E-state index in [1.807, 2.05) is 26.2 Å². The molecule has 1 aromatic heterocycles. The van der Waals surface area contributed by atoms with E-state index in [0.29, 0.717) is 5.95 Å². The Balaban J connectivity index is 2.08. The molecule has 0 aliphatic heterocycles. The maximum atomic E-state index is 4.45. The van der Waals surface area contributed by atoms with Gasteiger partial charge >= 0.3 is 0 Å². The first-order valence-corrected chi connectivity index (χ1v) is 6.46. The number of nitrogens with zero attached hydrogens (tertiary/aromatic N) is 2. The highest BCUT2D eigenvalue weighted by molar-refractivity contribution is 7.98. The van der Waals surface area contributed by atoms with Gasteiger partial charge in [-0.25, -0.2) is 9.97 Å². The molecule has 0 bridgehead atoms. The minimum absolute atomic E-state index is 0.672. The molecule has 2 rings (SSSR count). The summed E-state index contributed by atoms with van der Waals surface area (Å²) < 4.78 is 0. The molecule has 88 valence electrons. The lowest BCUT2D eigenvalue weighted by molar-refractivity contribution is 1.00. The van der Waals surface area contributed by atoms with Crippen LogP contribution in [0.3, 0.4) is 0 Å². The summed E-state index contributed by atoms with van der Waals surface area (Å²) in [5.74, 6) is 1.60. The van der Waals surface area contributed by atoms with Gasteiger partial charge in [0.1, 0.15) is 5.03 Å². The van der Waals surface area contributed by atoms with Crippen molar-refractivity contribution in [1.82, 2.24) is 9.97 Å². The highest BCUT2D eigenvalue weighted by atomic mass is 32.2. The van der Waals surface area contributed by atoms with E-state index in [-0.39, 0.29) is 0 Å². The lowest BCUT2D eigenvalue weighted by Gasteiger charge is -2.06. The van der Waals surface area contributed by atoms with Gasteiger partial charge in [-0.1, -0.05) is 30.3 Å². The first-order valence-electron chi connectivity index (χ1n) is 5.47. The molecule has 1 N–H and O–H groups in total. The van der Waals surface area contributed by atoms with Crippen molar-refractivity contribution >= 4 is 17.7 Å². The number of hydrogen-bond acceptors (Lipinski definition) is 4. The molecule has 3 nitrogen and oxygen atoms in total. The molecule has 0 atom stereocenters. The van der Waals surface area contributed by atoms with Crippen LogP contribution in [0.4, 0.5) is 5.95 Å². The molecule has 0 aliphatic rings. The molecule has 0 saturated heterocycles. The summed E-state index contributed by atoms with van der Waals surface area (Å²) in [6, 6.07) is 10.4. The van der Waals surface area contributed by atoms with E-state index in [2.05, 4.69) is 39.6 Å². The lowest BCUT2D eigenvalue weighted by atomic mass is 10.2. The summed E-state index contributed by atoms with van der Waals surface area (Å²) in [7, 11) is 1.83. The van der Waals surface area contributed by atoms with Crippen LogP contribution in [-0.4, -0.2) is 17.0 Å². The molecule has 0 radical (unpaired) electrons. The van der Waals surface area contributed by atoms with Crippen molar-refractivity contribution in [3.05, 3.63) is 47.7 Å². The molecule has 0 aliphatic carbocycles. The molecule has 0 unspecified atom stereocenters. The van der Waals surface area contributed by atoms with Crippen LogP contribution in [0.5, 0.6) is 0 Å². The Morgan fingerprint density at radius 1 is 1.24 bits per heavy atom. The number of thioether (sulfide) groups is 1. The van der Waals surface area contributed by atoms with Crippen molar-refractivity contribution in [2.45, 2.75) is 17.7 Å². The van der Waals surface area contributed by atoms with E-state index < -0.39 is 0 Å². The van der Waals surface area contributed by atoms with Crippen LogP contribution in [0.2, 0.25) is 0 Å². The highest BCUT2D eigenvalue weighted by Gasteiger charge is 2.04. The lowest BCUT2D eigenvalue weighted by Crippen LogP contribution is -1.98. The average molecular weight is 245 g/mol. The van der Waals surface area contributed by atoms with E-state index >= 15 is 0 Å². The zero-order valence-electron chi connectivity index (χ0n) is 9.97. The van der Waals surface area contributed by atoms with Gasteiger partial charge in [-0.2, -0.15) is 0 Å². The van der Waals surface area contributed by atoms with Gasteiger partial charge < -0.3 is 5.32 Å². The van der Waals surface area contributed by atoms with Gasteiger partial charge in [-0.3, -0.25) is 0 Å². The molecule has 1 aromatic carbocycles. The molecular formula is C13H15N3S. The van der Waals surface area contributed by atoms with Crippen LogP contribution in [0.25, 0.3) is 0 Å². The largest absolute Gasteiger partial charge is 0.357 e. The summed E-state index contributed by atoms with van der Waals surface area (Å²) in [4.78, 5) is 8.62. The molecule has 17 heavy (non-hydrogen) atoms. The smallest absolute Gasteiger partial charge is 0.223 e. The quantitative estimate of drug-likeness (QED) is 0.663. The maximum absolute atomic E-state index is 4.45. The fourth-order valence-corrected chi connectivity index (χ4v) is 2.35. The minimum Gasteiger partial charge on any atom is -0.357 e. The highest BCUT2D eigenvalue weighted by Crippen LogP contribution is 2.24. The molecule has 0 fully saturated rings. The molecule has 4 heteroatoms. The molecule has 1 heterocycles. The summed E-state index contributed by atoms with van der Waals surface area (Å²) in [6.07, 6.45) is 1.85. The third-order valence-electron chi connectivity index (χ3n) is 2.37. The topological polar surface area (TPSA) is 37.8 Å². The Labute approximate surface area is 106 Å². The molecule has 0 saturated carbocycles. The molecule has 0 amide bonds. The fourth-order valence-electron chi connectivity index (χ4n) is 1.42. The second kappa shape index (κ2) is 5.68. The van der Waals surface area contributed by atoms with Crippen LogP contribution < -0.4 is 5.32 Å². The number of aryl methyl sites for hydroxylation is 1. The van der Waals surface area contributed by atoms with E-state index in [9.17, 15) is 0 Å². The summed E-state index contributed by atoms with van der Waals surface area (Å²) in [5, 5.41) is 3.99. The van der Waals surface area contributed by atoms with Gasteiger partial charge in [0.15, 0.2) is 0 Å². The number of aromatic nitrogens is 2. The third-order valence-corrected chi connectivity index (χ3v) is 3.53. The average Bonchev–Trinajstić information content (AvgIpc) is 2.39. The van der Waals surface area contributed by atoms with Crippen molar-refractivity contribution in [3.63, 3.8) is 0 Å². The van der Waals surface area contributed by atoms with Crippen molar-refractivity contribution < 1.29 is 0 Å². The number of nitrogens with one attached hydrogen (secondary N) is 1. The Hall–Kier alpha value is -1.55. The number of rotatable bonds is 4. The van der Waals surface area contributed by atoms with Crippen LogP contribution in [0, 0.1) is 6.92 Å². The zero-order chi connectivity index (χ0) is 12.1. The predicted octanol–water partition coefficient (Wildman–Crippen LogP) is 3.12. The van der Waals surface area contributed by atoms with E-state index in [0.717, 1.165) is 16.3 Å². The van der Waals surface area contributed by atoms with Gasteiger partial charge in [-0.15, -0.1) is 11.8 Å². The van der Waals surface area contributed by atoms with E-state index in [4.69, 9.17) is 0 Å². The SMILES string of the molecule is CNc1ncc(C)c(SCc2ccccc2)n1. The van der Waals surface area contributed by atoms with Crippen molar-refractivity contribution in [3.8, 4) is 0 Å². The first kappa shape index (κ1) is 11.9. The van der Waals surface area contributed by atoms with Gasteiger partial charge in [0, 0.05) is 19.0 Å². The third kappa shape index (κ3) is 3.20. The molecular weight excluding hydrogens is 230 g/mol. The van der Waals surface area contributed by atoms with Crippen LogP contribution in [0.1, 0.15) is 11.1 Å². The van der Waals surface area contributed by atoms with Crippen molar-refractivity contribution in [2.24, 2.45) is 0 Å². The van der Waals surface area contributed by atoms with Gasteiger partial charge in [0.2, 0.25) is 5.95 Å². The zero-order valence-corrected chi connectivity index (χ0v) is 10.8. The second-order valence-electron chi connectivity index (χ2n) is 3.71. The standard InChI is InChI=1S/C13H15N3S/c1-10-8-15-13(14-2)16-12(10)17-9-11-6-4-3-5-7-11/h3-8H,9H2,1-2H3,(H,14,15,16). The molecule has 0 spiro atoms. The summed E-state index contributed by atoms with van der Waals surface area (Å²) in [5.41, 5.74) is 2.42. The maximum Gasteiger partial charge on any atom is 0.223 e. The monoisotopic (exact) mass is 245 g/mol. The first-order chi connectivity index (χ1) is 8.29. The Kier molecular flexibility index (Phi) is 3.98. The Morgan fingerprint density at radius 2 is 2.00 bits per heavy atom. The van der Waals surface area contributed by atoms with E-state index in [1.54, 1.807) is 11.8 Å². The number of benzene rings is 1. The number of anilines is 1. The summed E-state index contributed by atoms with van der Waals surface area (Å²) in [6.45, 7) is 2.03. The van der Waals surface area contributed by atoms with Crippen LogP contribution in [-0.2, 0) is 5.75 Å². The van der Waals surface area contributed by atoms with Crippen molar-refractivity contribution in [1.29, 1.82) is 0 Å². The second-order valence-corrected chi connectivity index (χ2v) is 4.67. The van der Waals surface area contributed by atoms with Crippen LogP contribution >= 0.6 is 11.8 Å². The Morgan fingerprint density at radius 3 is 2.71 bits per heavy atom. The summed E-state index contributed by atoms with van der Waals surface area (Å²) >= 11 is 1.74. The van der Waals surface area contributed by atoms with Crippen LogP contribution in [0.15, 0.2) is 41.6 Å². The predicted molar refractivity (Wildman–Crippen MR) is 72.3 cm³/mol. The van der Waals surface area contributed by atoms with Crippen molar-refractivity contribution in [2.75, 3.05) is 12.4 Å². The van der Waals surface area contributed by atoms with E-state index in [1.165, 1.54) is 5.56 Å². The molecule has 2 aromatic rings. The number of hydrogen-bond donors (Lipinski definition) is 1. The Bertz CT molecular complexity index is 485. The minimum atomic E-state index is 0.672. The fraction of sp³-hybridized carbons (Fsp3) is 0.231. The van der Waals surface area contributed by atoms with Gasteiger partial charge in [0.25, 0.3) is 0 Å².